The Balaban J connectivity index is 2.39. The summed E-state index contributed by atoms with van der Waals surface area (Å²) < 4.78 is 26.9. The van der Waals surface area contributed by atoms with Crippen molar-refractivity contribution in [1.82, 2.24) is 10.2 Å². The van der Waals surface area contributed by atoms with Crippen molar-refractivity contribution < 1.29 is 18.0 Å². The van der Waals surface area contributed by atoms with Gasteiger partial charge in [-0.3, -0.25) is 13.9 Å². The van der Waals surface area contributed by atoms with E-state index in [9.17, 15) is 18.0 Å². The standard InChI is InChI=1S/C21H26IN3O4S/c1-4-19(21(27)23-2)24(14-16-8-6-5-7-9-16)20(26)15-25(30(3,28)29)18-12-10-17(22)11-13-18/h5-13,19H,4,14-15H2,1-3H3,(H,23,27). The normalized spacial score (nSPS) is 12.1. The zero-order valence-electron chi connectivity index (χ0n) is 17.2. The van der Waals surface area contributed by atoms with Gasteiger partial charge < -0.3 is 10.2 Å². The van der Waals surface area contributed by atoms with Gasteiger partial charge in [0.2, 0.25) is 21.8 Å². The van der Waals surface area contributed by atoms with Gasteiger partial charge in [0, 0.05) is 17.2 Å². The van der Waals surface area contributed by atoms with Crippen LogP contribution >= 0.6 is 22.6 Å². The number of benzene rings is 2. The number of hydrogen-bond acceptors (Lipinski definition) is 4. The van der Waals surface area contributed by atoms with E-state index in [2.05, 4.69) is 27.9 Å². The molecular formula is C21H26IN3O4S. The summed E-state index contributed by atoms with van der Waals surface area (Å²) in [7, 11) is -2.19. The second-order valence-corrected chi connectivity index (χ2v) is 9.94. The first-order valence-corrected chi connectivity index (χ1v) is 12.4. The maximum absolute atomic E-state index is 13.3. The molecule has 0 aliphatic rings. The molecule has 2 aromatic carbocycles. The first kappa shape index (κ1) is 24.1. The number of carbonyl (C=O) groups excluding carboxylic acids is 2. The third-order valence-electron chi connectivity index (χ3n) is 4.62. The lowest BCUT2D eigenvalue weighted by atomic mass is 10.1. The van der Waals surface area contributed by atoms with Crippen LogP contribution in [0.1, 0.15) is 18.9 Å². The van der Waals surface area contributed by atoms with Gasteiger partial charge in [-0.05, 0) is 58.8 Å². The molecule has 0 spiro atoms. The van der Waals surface area contributed by atoms with E-state index in [1.807, 2.05) is 37.3 Å². The van der Waals surface area contributed by atoms with Gasteiger partial charge in [-0.1, -0.05) is 37.3 Å². The maximum Gasteiger partial charge on any atom is 0.244 e. The van der Waals surface area contributed by atoms with E-state index in [-0.39, 0.29) is 19.0 Å². The lowest BCUT2D eigenvalue weighted by Gasteiger charge is -2.32. The predicted octanol–water partition coefficient (Wildman–Crippen LogP) is 2.61. The summed E-state index contributed by atoms with van der Waals surface area (Å²) in [5.41, 5.74) is 1.26. The minimum absolute atomic E-state index is 0.204. The van der Waals surface area contributed by atoms with Crippen molar-refractivity contribution in [3.05, 3.63) is 63.7 Å². The van der Waals surface area contributed by atoms with Gasteiger partial charge in [0.1, 0.15) is 12.6 Å². The van der Waals surface area contributed by atoms with Crippen LogP contribution in [0.2, 0.25) is 0 Å². The van der Waals surface area contributed by atoms with E-state index < -0.39 is 22.0 Å². The Morgan fingerprint density at radius 1 is 1.07 bits per heavy atom. The minimum atomic E-state index is -3.71. The second kappa shape index (κ2) is 10.8. The summed E-state index contributed by atoms with van der Waals surface area (Å²) in [6.07, 6.45) is 1.47. The molecule has 7 nitrogen and oxygen atoms in total. The molecular weight excluding hydrogens is 517 g/mol. The molecule has 2 aromatic rings. The van der Waals surface area contributed by atoms with Crippen molar-refractivity contribution in [2.45, 2.75) is 25.9 Å². The van der Waals surface area contributed by atoms with E-state index in [1.54, 1.807) is 24.3 Å². The van der Waals surface area contributed by atoms with Gasteiger partial charge in [0.15, 0.2) is 0 Å². The quantitative estimate of drug-likeness (QED) is 0.493. The highest BCUT2D eigenvalue weighted by atomic mass is 127. The highest BCUT2D eigenvalue weighted by Crippen LogP contribution is 2.21. The number of nitrogens with one attached hydrogen (secondary N) is 1. The Hall–Kier alpha value is -2.14. The SMILES string of the molecule is CCC(C(=O)NC)N(Cc1ccccc1)C(=O)CN(c1ccc(I)cc1)S(C)(=O)=O. The molecule has 30 heavy (non-hydrogen) atoms. The number of likely N-dealkylation sites (N-methyl/N-ethyl adjacent to an activating group) is 1. The van der Waals surface area contributed by atoms with Crippen LogP contribution in [0.25, 0.3) is 0 Å². The molecule has 0 bridgehead atoms. The fraction of sp³-hybridized carbons (Fsp3) is 0.333. The maximum atomic E-state index is 13.3. The molecule has 0 aliphatic carbocycles. The Kier molecular flexibility index (Phi) is 8.65. The molecule has 0 aliphatic heterocycles. The zero-order valence-corrected chi connectivity index (χ0v) is 20.2. The van der Waals surface area contributed by atoms with E-state index in [0.29, 0.717) is 12.1 Å². The van der Waals surface area contributed by atoms with Gasteiger partial charge in [0.05, 0.1) is 11.9 Å². The minimum Gasteiger partial charge on any atom is -0.357 e. The Labute approximate surface area is 191 Å². The van der Waals surface area contributed by atoms with Crippen molar-refractivity contribution in [3.8, 4) is 0 Å². The summed E-state index contributed by atoms with van der Waals surface area (Å²) in [5.74, 6) is -0.736. The van der Waals surface area contributed by atoms with Crippen LogP contribution in [0, 0.1) is 3.57 Å². The average molecular weight is 543 g/mol. The smallest absolute Gasteiger partial charge is 0.244 e. The molecule has 0 saturated heterocycles. The number of carbonyl (C=O) groups is 2. The second-order valence-electron chi connectivity index (χ2n) is 6.79. The number of halogens is 1. The lowest BCUT2D eigenvalue weighted by Crippen LogP contribution is -2.51. The van der Waals surface area contributed by atoms with E-state index in [0.717, 1.165) is 19.7 Å². The van der Waals surface area contributed by atoms with Gasteiger partial charge in [-0.15, -0.1) is 0 Å². The molecule has 1 unspecified atom stereocenters. The molecule has 2 amide bonds. The first-order valence-electron chi connectivity index (χ1n) is 9.45. The number of hydrogen-bond donors (Lipinski definition) is 1. The Morgan fingerprint density at radius 2 is 1.67 bits per heavy atom. The topological polar surface area (TPSA) is 86.8 Å². The number of anilines is 1. The first-order chi connectivity index (χ1) is 14.2. The average Bonchev–Trinajstić information content (AvgIpc) is 2.72. The molecule has 1 atom stereocenters. The molecule has 0 heterocycles. The van der Waals surface area contributed by atoms with Crippen LogP contribution < -0.4 is 9.62 Å². The Bertz CT molecular complexity index is 966. The summed E-state index contributed by atoms with van der Waals surface area (Å²) in [6.45, 7) is 1.63. The third-order valence-corrected chi connectivity index (χ3v) is 6.48. The van der Waals surface area contributed by atoms with Crippen LogP contribution in [0.4, 0.5) is 5.69 Å². The van der Waals surface area contributed by atoms with E-state index >= 15 is 0 Å². The largest absolute Gasteiger partial charge is 0.357 e. The molecule has 2 rings (SSSR count). The van der Waals surface area contributed by atoms with E-state index in [4.69, 9.17) is 0 Å². The van der Waals surface area contributed by atoms with E-state index in [1.165, 1.54) is 11.9 Å². The van der Waals surface area contributed by atoms with Gasteiger partial charge in [0.25, 0.3) is 0 Å². The van der Waals surface area contributed by atoms with Gasteiger partial charge >= 0.3 is 0 Å². The Morgan fingerprint density at radius 3 is 2.17 bits per heavy atom. The summed E-state index contributed by atoms with van der Waals surface area (Å²) in [6, 6.07) is 15.5. The number of sulfonamides is 1. The van der Waals surface area contributed by atoms with Crippen molar-refractivity contribution in [2.75, 3.05) is 24.2 Å². The molecule has 162 valence electrons. The van der Waals surface area contributed by atoms with Crippen molar-refractivity contribution in [2.24, 2.45) is 0 Å². The van der Waals surface area contributed by atoms with Gasteiger partial charge in [-0.2, -0.15) is 0 Å². The van der Waals surface area contributed by atoms with Crippen LogP contribution in [0.15, 0.2) is 54.6 Å². The molecule has 1 N–H and O–H groups in total. The molecule has 0 fully saturated rings. The van der Waals surface area contributed by atoms with Crippen LogP contribution in [-0.4, -0.2) is 51.0 Å². The third kappa shape index (κ3) is 6.43. The van der Waals surface area contributed by atoms with Crippen molar-refractivity contribution in [1.29, 1.82) is 0 Å². The van der Waals surface area contributed by atoms with Crippen molar-refractivity contribution >= 4 is 50.1 Å². The van der Waals surface area contributed by atoms with Crippen LogP contribution in [0.3, 0.4) is 0 Å². The fourth-order valence-corrected chi connectivity index (χ4v) is 4.30. The molecule has 9 heteroatoms. The summed E-state index contributed by atoms with van der Waals surface area (Å²) in [5, 5.41) is 2.59. The predicted molar refractivity (Wildman–Crippen MR) is 126 cm³/mol. The summed E-state index contributed by atoms with van der Waals surface area (Å²) >= 11 is 2.13. The highest BCUT2D eigenvalue weighted by Gasteiger charge is 2.31. The fourth-order valence-electron chi connectivity index (χ4n) is 3.09. The van der Waals surface area contributed by atoms with Gasteiger partial charge in [-0.25, -0.2) is 8.42 Å². The number of nitrogens with zero attached hydrogens (tertiary/aromatic N) is 2. The monoisotopic (exact) mass is 543 g/mol. The van der Waals surface area contributed by atoms with Crippen LogP contribution in [-0.2, 0) is 26.2 Å². The number of amides is 2. The van der Waals surface area contributed by atoms with Crippen molar-refractivity contribution in [3.63, 3.8) is 0 Å². The van der Waals surface area contributed by atoms with Crippen LogP contribution in [0.5, 0.6) is 0 Å². The number of rotatable bonds is 9. The lowest BCUT2D eigenvalue weighted by molar-refractivity contribution is -0.140. The molecule has 0 saturated carbocycles. The zero-order chi connectivity index (χ0) is 22.3. The molecule has 0 radical (unpaired) electrons. The summed E-state index contributed by atoms with van der Waals surface area (Å²) in [4.78, 5) is 27.2. The highest BCUT2D eigenvalue weighted by molar-refractivity contribution is 14.1. The molecule has 0 aromatic heterocycles.